The number of aromatic amines is 1. The van der Waals surface area contributed by atoms with Gasteiger partial charge in [-0.05, 0) is 24.6 Å². The first kappa shape index (κ1) is 17.0. The van der Waals surface area contributed by atoms with E-state index in [1.165, 1.54) is 6.07 Å². The molecule has 1 amide bonds. The Kier molecular flexibility index (Phi) is 5.72. The number of amides is 1. The number of aliphatic hydroxyl groups is 1. The predicted octanol–water partition coefficient (Wildman–Crippen LogP) is 0.993. The van der Waals surface area contributed by atoms with Crippen molar-refractivity contribution in [3.63, 3.8) is 0 Å². The molecule has 122 valence electrons. The van der Waals surface area contributed by atoms with Crippen molar-refractivity contribution in [3.05, 3.63) is 57.0 Å². The Balaban J connectivity index is 1.80. The van der Waals surface area contributed by atoms with Crippen LogP contribution < -0.4 is 16.2 Å². The van der Waals surface area contributed by atoms with E-state index in [0.29, 0.717) is 28.8 Å². The molecule has 8 heteroatoms. The van der Waals surface area contributed by atoms with Gasteiger partial charge < -0.3 is 15.7 Å². The van der Waals surface area contributed by atoms with Gasteiger partial charge in [-0.25, -0.2) is 4.98 Å². The second-order valence-electron chi connectivity index (χ2n) is 4.91. The zero-order valence-electron chi connectivity index (χ0n) is 12.5. The van der Waals surface area contributed by atoms with E-state index in [1.807, 2.05) is 0 Å². The average Bonchev–Trinajstić information content (AvgIpc) is 2.50. The van der Waals surface area contributed by atoms with Gasteiger partial charge in [0.05, 0.1) is 0 Å². The summed E-state index contributed by atoms with van der Waals surface area (Å²) in [6, 6.07) is 7.78. The number of benzene rings is 1. The van der Waals surface area contributed by atoms with Gasteiger partial charge in [-0.2, -0.15) is 0 Å². The Bertz CT molecular complexity index is 730. The summed E-state index contributed by atoms with van der Waals surface area (Å²) in [5.74, 6) is -0.178. The van der Waals surface area contributed by atoms with E-state index in [4.69, 9.17) is 11.6 Å². The molecule has 1 aromatic carbocycles. The van der Waals surface area contributed by atoms with Crippen molar-refractivity contribution in [1.29, 1.82) is 0 Å². The molecule has 0 unspecified atom stereocenters. The molecule has 0 radical (unpaired) electrons. The Labute approximate surface area is 137 Å². The number of halogens is 1. The third-order valence-corrected chi connectivity index (χ3v) is 3.27. The maximum absolute atomic E-state index is 11.9. The molecule has 23 heavy (non-hydrogen) atoms. The minimum atomic E-state index is -1.26. The zero-order chi connectivity index (χ0) is 16.8. The molecule has 1 aromatic heterocycles. The van der Waals surface area contributed by atoms with E-state index < -0.39 is 12.0 Å². The van der Waals surface area contributed by atoms with E-state index in [2.05, 4.69) is 20.6 Å². The summed E-state index contributed by atoms with van der Waals surface area (Å²) in [6.45, 7) is 2.33. The van der Waals surface area contributed by atoms with Gasteiger partial charge in [-0.1, -0.05) is 23.7 Å². The summed E-state index contributed by atoms with van der Waals surface area (Å²) < 4.78 is 0. The number of hydrogen-bond donors (Lipinski definition) is 4. The lowest BCUT2D eigenvalue weighted by molar-refractivity contribution is -0.129. The van der Waals surface area contributed by atoms with Gasteiger partial charge in [0.1, 0.15) is 0 Å². The molecule has 0 aliphatic heterocycles. The quantitative estimate of drug-likeness (QED) is 0.589. The fraction of sp³-hybridized carbons (Fsp3) is 0.267. The second kappa shape index (κ2) is 7.75. The molecule has 4 N–H and O–H groups in total. The smallest absolute Gasteiger partial charge is 0.253 e. The number of carbonyl (C=O) groups is 1. The monoisotopic (exact) mass is 336 g/mol. The van der Waals surface area contributed by atoms with Crippen molar-refractivity contribution >= 4 is 23.5 Å². The van der Waals surface area contributed by atoms with Crippen LogP contribution in [0.5, 0.6) is 0 Å². The Morgan fingerprint density at radius 1 is 1.35 bits per heavy atom. The van der Waals surface area contributed by atoms with E-state index in [-0.39, 0.29) is 12.1 Å². The van der Waals surface area contributed by atoms with Crippen molar-refractivity contribution in [2.75, 3.05) is 18.4 Å². The maximum Gasteiger partial charge on any atom is 0.253 e. The first-order chi connectivity index (χ1) is 11.0. The van der Waals surface area contributed by atoms with Gasteiger partial charge in [0.25, 0.3) is 11.5 Å². The molecule has 7 nitrogen and oxygen atoms in total. The lowest BCUT2D eigenvalue weighted by atomic mass is 10.1. The molecule has 0 fully saturated rings. The highest BCUT2D eigenvalue weighted by Gasteiger charge is 2.16. The summed E-state index contributed by atoms with van der Waals surface area (Å²) in [6.07, 6.45) is -1.26. The standard InChI is InChI=1S/C15H17ClN4O3/c1-9-8-12(21)20-15(19-9)18-7-6-17-14(23)13(22)10-2-4-11(16)5-3-10/h2-5,8,13,22H,6-7H2,1H3,(H,17,23)(H2,18,19,20,21)/t13-/m1/s1. The number of H-pyrrole nitrogens is 1. The van der Waals surface area contributed by atoms with Gasteiger partial charge in [0.15, 0.2) is 6.10 Å². The molecule has 1 atom stereocenters. The fourth-order valence-corrected chi connectivity index (χ4v) is 2.05. The summed E-state index contributed by atoms with van der Waals surface area (Å²) >= 11 is 5.76. The van der Waals surface area contributed by atoms with Crippen LogP contribution >= 0.6 is 11.6 Å². The van der Waals surface area contributed by atoms with Crippen LogP contribution in [0.25, 0.3) is 0 Å². The van der Waals surface area contributed by atoms with Crippen LogP contribution in [0.3, 0.4) is 0 Å². The minimum Gasteiger partial charge on any atom is -0.378 e. The SMILES string of the molecule is Cc1cc(=O)[nH]c(NCCNC(=O)[C@H](O)c2ccc(Cl)cc2)n1. The topological polar surface area (TPSA) is 107 Å². The molecule has 0 bridgehead atoms. The van der Waals surface area contributed by atoms with Crippen molar-refractivity contribution in [3.8, 4) is 0 Å². The first-order valence-electron chi connectivity index (χ1n) is 6.99. The maximum atomic E-state index is 11.9. The van der Waals surface area contributed by atoms with Crippen LogP contribution in [0.15, 0.2) is 35.1 Å². The van der Waals surface area contributed by atoms with Crippen molar-refractivity contribution < 1.29 is 9.90 Å². The van der Waals surface area contributed by atoms with Crippen LogP contribution in [0.2, 0.25) is 5.02 Å². The zero-order valence-corrected chi connectivity index (χ0v) is 13.2. The Morgan fingerprint density at radius 3 is 2.70 bits per heavy atom. The van der Waals surface area contributed by atoms with E-state index in [0.717, 1.165) is 0 Å². The first-order valence-corrected chi connectivity index (χ1v) is 7.36. The fourth-order valence-electron chi connectivity index (χ4n) is 1.92. The predicted molar refractivity (Wildman–Crippen MR) is 87.5 cm³/mol. The van der Waals surface area contributed by atoms with Gasteiger partial charge in [-0.15, -0.1) is 0 Å². The molecular weight excluding hydrogens is 320 g/mol. The summed E-state index contributed by atoms with van der Waals surface area (Å²) in [5.41, 5.74) is 0.810. The van der Waals surface area contributed by atoms with Crippen LogP contribution in [-0.2, 0) is 4.79 Å². The average molecular weight is 337 g/mol. The number of anilines is 1. The number of hydrogen-bond acceptors (Lipinski definition) is 5. The van der Waals surface area contributed by atoms with Gasteiger partial charge >= 0.3 is 0 Å². The number of aromatic nitrogens is 2. The third kappa shape index (κ3) is 5.08. The van der Waals surface area contributed by atoms with Crippen LogP contribution in [0.4, 0.5) is 5.95 Å². The molecule has 0 aliphatic carbocycles. The highest BCUT2D eigenvalue weighted by Crippen LogP contribution is 2.16. The van der Waals surface area contributed by atoms with Gasteiger partial charge in [0, 0.05) is 29.9 Å². The molecular formula is C15H17ClN4O3. The number of carbonyl (C=O) groups excluding carboxylic acids is 1. The van der Waals surface area contributed by atoms with E-state index in [9.17, 15) is 14.7 Å². The molecule has 1 heterocycles. The lowest BCUT2D eigenvalue weighted by Gasteiger charge is -2.12. The Hall–Kier alpha value is -2.38. The molecule has 2 rings (SSSR count). The molecule has 0 saturated carbocycles. The molecule has 0 spiro atoms. The van der Waals surface area contributed by atoms with Crippen LogP contribution in [-0.4, -0.2) is 34.1 Å². The largest absolute Gasteiger partial charge is 0.378 e. The van der Waals surface area contributed by atoms with E-state index in [1.54, 1.807) is 31.2 Å². The number of aliphatic hydroxyl groups excluding tert-OH is 1. The normalized spacial score (nSPS) is 11.8. The van der Waals surface area contributed by atoms with Gasteiger partial charge in [-0.3, -0.25) is 14.6 Å². The van der Waals surface area contributed by atoms with E-state index >= 15 is 0 Å². The number of rotatable bonds is 6. The minimum absolute atomic E-state index is 0.248. The number of aryl methyl sites for hydroxylation is 1. The third-order valence-electron chi connectivity index (χ3n) is 3.02. The summed E-state index contributed by atoms with van der Waals surface area (Å²) in [4.78, 5) is 29.8. The lowest BCUT2D eigenvalue weighted by Crippen LogP contribution is -2.33. The number of nitrogens with one attached hydrogen (secondary N) is 3. The van der Waals surface area contributed by atoms with Crippen molar-refractivity contribution in [2.45, 2.75) is 13.0 Å². The molecule has 0 aliphatic rings. The van der Waals surface area contributed by atoms with Crippen LogP contribution in [0, 0.1) is 6.92 Å². The molecule has 0 saturated heterocycles. The highest BCUT2D eigenvalue weighted by molar-refractivity contribution is 6.30. The Morgan fingerprint density at radius 2 is 2.04 bits per heavy atom. The highest BCUT2D eigenvalue weighted by atomic mass is 35.5. The number of nitrogens with zero attached hydrogens (tertiary/aromatic N) is 1. The van der Waals surface area contributed by atoms with Crippen LogP contribution in [0.1, 0.15) is 17.4 Å². The van der Waals surface area contributed by atoms with Gasteiger partial charge in [0.2, 0.25) is 5.95 Å². The summed E-state index contributed by atoms with van der Waals surface area (Å²) in [7, 11) is 0. The van der Waals surface area contributed by atoms with Crippen molar-refractivity contribution in [2.24, 2.45) is 0 Å². The van der Waals surface area contributed by atoms with Crippen molar-refractivity contribution in [1.82, 2.24) is 15.3 Å². The second-order valence-corrected chi connectivity index (χ2v) is 5.34. The summed E-state index contributed by atoms with van der Waals surface area (Å²) in [5, 5.41) is 15.9. The molecule has 2 aromatic rings.